The number of hydrogen-bond acceptors (Lipinski definition) is 4. The number of hydrogen-bond donors (Lipinski definition) is 2. The number of para-hydroxylation sites is 1. The molecule has 26 heavy (non-hydrogen) atoms. The van der Waals surface area contributed by atoms with Gasteiger partial charge in [0.1, 0.15) is 12.7 Å². The lowest BCUT2D eigenvalue weighted by molar-refractivity contribution is 0.0956. The number of aromatic amines is 1. The van der Waals surface area contributed by atoms with E-state index in [1.807, 2.05) is 55.5 Å². The summed E-state index contributed by atoms with van der Waals surface area (Å²) in [4.78, 5) is 19.4. The van der Waals surface area contributed by atoms with E-state index in [0.717, 1.165) is 22.2 Å². The van der Waals surface area contributed by atoms with Gasteiger partial charge in [-0.15, -0.1) is 0 Å². The second-order valence-corrected chi connectivity index (χ2v) is 5.77. The Kier molecular flexibility index (Phi) is 4.03. The van der Waals surface area contributed by atoms with Crippen molar-refractivity contribution in [1.82, 2.24) is 25.2 Å². The van der Waals surface area contributed by atoms with Gasteiger partial charge in [0.05, 0.1) is 17.0 Å². The van der Waals surface area contributed by atoms with Crippen molar-refractivity contribution in [2.45, 2.75) is 6.92 Å². The third kappa shape index (κ3) is 2.98. The molecule has 7 nitrogen and oxygen atoms in total. The summed E-state index contributed by atoms with van der Waals surface area (Å²) in [5.41, 5.74) is 6.63. The molecule has 0 atom stereocenters. The highest BCUT2D eigenvalue weighted by Crippen LogP contribution is 2.17. The van der Waals surface area contributed by atoms with E-state index >= 15 is 0 Å². The molecule has 128 valence electrons. The number of nitrogens with zero attached hydrogens (tertiary/aromatic N) is 4. The average molecular weight is 344 g/mol. The van der Waals surface area contributed by atoms with E-state index in [9.17, 15) is 4.79 Å². The fourth-order valence-electron chi connectivity index (χ4n) is 2.72. The molecule has 2 aromatic heterocycles. The number of carbonyl (C=O) groups is 1. The van der Waals surface area contributed by atoms with Gasteiger partial charge < -0.3 is 4.98 Å². The molecule has 0 saturated heterocycles. The molecule has 0 aliphatic heterocycles. The van der Waals surface area contributed by atoms with Crippen molar-refractivity contribution in [3.8, 4) is 5.69 Å². The van der Waals surface area contributed by atoms with Crippen LogP contribution in [-0.4, -0.2) is 31.4 Å². The molecule has 0 aliphatic rings. The topological polar surface area (TPSA) is 88.0 Å². The molecular weight excluding hydrogens is 328 g/mol. The summed E-state index contributed by atoms with van der Waals surface area (Å²) in [6, 6.07) is 15.3. The Morgan fingerprint density at radius 1 is 1.15 bits per heavy atom. The minimum atomic E-state index is -0.249. The SMILES string of the molecule is C/C(=N\NC(=O)c1c[nH]c2ccccc12)c1ccc(-n2cncn2)cc1. The number of fused-ring (bicyclic) bond motifs is 1. The fourth-order valence-corrected chi connectivity index (χ4v) is 2.72. The molecule has 0 aliphatic carbocycles. The number of benzene rings is 2. The van der Waals surface area contributed by atoms with Crippen LogP contribution >= 0.6 is 0 Å². The summed E-state index contributed by atoms with van der Waals surface area (Å²) in [6.45, 7) is 1.85. The van der Waals surface area contributed by atoms with Gasteiger partial charge in [-0.2, -0.15) is 10.2 Å². The summed E-state index contributed by atoms with van der Waals surface area (Å²) in [5.74, 6) is -0.249. The van der Waals surface area contributed by atoms with Gasteiger partial charge in [-0.1, -0.05) is 30.3 Å². The third-order valence-electron chi connectivity index (χ3n) is 4.13. The number of rotatable bonds is 4. The number of aromatic nitrogens is 4. The van der Waals surface area contributed by atoms with Gasteiger partial charge in [-0.25, -0.2) is 15.1 Å². The van der Waals surface area contributed by atoms with Crippen molar-refractivity contribution in [2.24, 2.45) is 5.10 Å². The average Bonchev–Trinajstić information content (AvgIpc) is 3.36. The molecule has 0 unspecified atom stereocenters. The maximum atomic E-state index is 12.4. The van der Waals surface area contributed by atoms with E-state index in [1.54, 1.807) is 17.2 Å². The molecular formula is C19H16N6O. The maximum absolute atomic E-state index is 12.4. The number of hydrazone groups is 1. The summed E-state index contributed by atoms with van der Waals surface area (Å²) in [7, 11) is 0. The molecule has 1 amide bonds. The van der Waals surface area contributed by atoms with Crippen LogP contribution < -0.4 is 5.43 Å². The minimum Gasteiger partial charge on any atom is -0.360 e. The van der Waals surface area contributed by atoms with Crippen LogP contribution in [0.4, 0.5) is 0 Å². The predicted molar refractivity (Wildman–Crippen MR) is 99.3 cm³/mol. The lowest BCUT2D eigenvalue weighted by Gasteiger charge is -2.04. The lowest BCUT2D eigenvalue weighted by atomic mass is 10.1. The monoisotopic (exact) mass is 344 g/mol. The van der Waals surface area contributed by atoms with Crippen LogP contribution in [0.15, 0.2) is 72.5 Å². The van der Waals surface area contributed by atoms with Crippen molar-refractivity contribution < 1.29 is 4.79 Å². The molecule has 4 aromatic rings. The molecule has 0 bridgehead atoms. The zero-order chi connectivity index (χ0) is 17.9. The molecule has 2 N–H and O–H groups in total. The molecule has 2 heterocycles. The number of nitrogens with one attached hydrogen (secondary N) is 2. The Balaban J connectivity index is 1.50. The highest BCUT2D eigenvalue weighted by Gasteiger charge is 2.11. The number of amides is 1. The minimum absolute atomic E-state index is 0.249. The molecule has 0 saturated carbocycles. The fraction of sp³-hybridized carbons (Fsp3) is 0.0526. The second kappa shape index (κ2) is 6.64. The van der Waals surface area contributed by atoms with Crippen molar-refractivity contribution >= 4 is 22.5 Å². The van der Waals surface area contributed by atoms with Gasteiger partial charge in [0.25, 0.3) is 5.91 Å². The first-order valence-electron chi connectivity index (χ1n) is 8.08. The zero-order valence-electron chi connectivity index (χ0n) is 14.0. The van der Waals surface area contributed by atoms with Crippen LogP contribution in [0.2, 0.25) is 0 Å². The summed E-state index contributed by atoms with van der Waals surface area (Å²) in [5, 5.41) is 9.18. The predicted octanol–water partition coefficient (Wildman–Crippen LogP) is 2.90. The van der Waals surface area contributed by atoms with Crippen molar-refractivity contribution in [1.29, 1.82) is 0 Å². The van der Waals surface area contributed by atoms with Gasteiger partial charge in [0.2, 0.25) is 0 Å². The Morgan fingerprint density at radius 3 is 2.73 bits per heavy atom. The smallest absolute Gasteiger partial charge is 0.273 e. The molecule has 2 aromatic carbocycles. The standard InChI is InChI=1S/C19H16N6O/c1-13(14-6-8-15(9-7-14)25-12-20-11-22-25)23-24-19(26)17-10-21-18-5-3-2-4-16(17)18/h2-12,21H,1H3,(H,24,26)/b23-13+. The maximum Gasteiger partial charge on any atom is 0.273 e. The zero-order valence-corrected chi connectivity index (χ0v) is 14.0. The van der Waals surface area contributed by atoms with Crippen LogP contribution in [0.1, 0.15) is 22.8 Å². The van der Waals surface area contributed by atoms with Crippen molar-refractivity contribution in [3.63, 3.8) is 0 Å². The second-order valence-electron chi connectivity index (χ2n) is 5.77. The van der Waals surface area contributed by atoms with Gasteiger partial charge in [0.15, 0.2) is 0 Å². The van der Waals surface area contributed by atoms with E-state index in [2.05, 4.69) is 25.6 Å². The van der Waals surface area contributed by atoms with Gasteiger partial charge >= 0.3 is 0 Å². The van der Waals surface area contributed by atoms with E-state index < -0.39 is 0 Å². The van der Waals surface area contributed by atoms with Crippen LogP contribution in [0.5, 0.6) is 0 Å². The quantitative estimate of drug-likeness (QED) is 0.441. The van der Waals surface area contributed by atoms with Crippen LogP contribution in [0, 0.1) is 0 Å². The summed E-state index contributed by atoms with van der Waals surface area (Å²) >= 11 is 0. The first-order chi connectivity index (χ1) is 12.7. The van der Waals surface area contributed by atoms with Gasteiger partial charge in [0, 0.05) is 17.1 Å². The van der Waals surface area contributed by atoms with Crippen LogP contribution in [0.25, 0.3) is 16.6 Å². The van der Waals surface area contributed by atoms with Crippen molar-refractivity contribution in [2.75, 3.05) is 0 Å². The molecule has 0 spiro atoms. The highest BCUT2D eigenvalue weighted by atomic mass is 16.2. The van der Waals surface area contributed by atoms with Gasteiger partial charge in [-0.05, 0) is 30.7 Å². The van der Waals surface area contributed by atoms with E-state index in [1.165, 1.54) is 6.33 Å². The first-order valence-corrected chi connectivity index (χ1v) is 8.08. The van der Waals surface area contributed by atoms with Crippen molar-refractivity contribution in [3.05, 3.63) is 78.5 Å². The highest BCUT2D eigenvalue weighted by molar-refractivity contribution is 6.07. The normalized spacial score (nSPS) is 11.7. The molecule has 0 fully saturated rings. The lowest BCUT2D eigenvalue weighted by Crippen LogP contribution is -2.19. The van der Waals surface area contributed by atoms with E-state index in [4.69, 9.17) is 0 Å². The summed E-state index contributed by atoms with van der Waals surface area (Å²) in [6.07, 6.45) is 4.82. The van der Waals surface area contributed by atoms with Crippen LogP contribution in [-0.2, 0) is 0 Å². The number of carbonyl (C=O) groups excluding carboxylic acids is 1. The van der Waals surface area contributed by atoms with Gasteiger partial charge in [-0.3, -0.25) is 4.79 Å². The largest absolute Gasteiger partial charge is 0.360 e. The Morgan fingerprint density at radius 2 is 1.96 bits per heavy atom. The van der Waals surface area contributed by atoms with Crippen LogP contribution in [0.3, 0.4) is 0 Å². The summed E-state index contributed by atoms with van der Waals surface area (Å²) < 4.78 is 1.68. The van der Waals surface area contributed by atoms with E-state index in [0.29, 0.717) is 11.3 Å². The Labute approximate surface area is 149 Å². The Bertz CT molecular complexity index is 1080. The number of H-pyrrole nitrogens is 1. The Hall–Kier alpha value is -3.74. The molecule has 7 heteroatoms. The molecule has 4 rings (SSSR count). The van der Waals surface area contributed by atoms with E-state index in [-0.39, 0.29) is 5.91 Å². The first kappa shape index (κ1) is 15.8. The molecule has 0 radical (unpaired) electrons. The third-order valence-corrected chi connectivity index (χ3v) is 4.13.